The van der Waals surface area contributed by atoms with E-state index in [-0.39, 0.29) is 5.41 Å². The van der Waals surface area contributed by atoms with Gasteiger partial charge < -0.3 is 10.2 Å². The molecule has 0 atom stereocenters. The van der Waals surface area contributed by atoms with Crippen molar-refractivity contribution in [1.29, 1.82) is 0 Å². The number of rotatable bonds is 3. The average Bonchev–Trinajstić information content (AvgIpc) is 2.54. The number of fused-ring (bicyclic) bond motifs is 1. The van der Waals surface area contributed by atoms with Crippen molar-refractivity contribution in [1.82, 2.24) is 0 Å². The maximum absolute atomic E-state index is 9.36. The van der Waals surface area contributed by atoms with Gasteiger partial charge in [0.1, 0.15) is 0 Å². The lowest BCUT2D eigenvalue weighted by atomic mass is 9.80. The van der Waals surface area contributed by atoms with E-state index in [0.29, 0.717) is 5.56 Å². The molecular weight excluding hydrogens is 328 g/mol. The third-order valence-electron chi connectivity index (χ3n) is 5.10. The third kappa shape index (κ3) is 3.84. The molecule has 1 aliphatic heterocycles. The molecule has 0 bridgehead atoms. The maximum Gasteiger partial charge on any atom is 0.178 e. The van der Waals surface area contributed by atoms with Crippen LogP contribution in [0.2, 0.25) is 0 Å². The third-order valence-corrected chi connectivity index (χ3v) is 6.18. The van der Waals surface area contributed by atoms with E-state index in [4.69, 9.17) is 0 Å². The van der Waals surface area contributed by atoms with Crippen molar-refractivity contribution in [2.45, 2.75) is 50.7 Å². The van der Waals surface area contributed by atoms with Crippen LogP contribution in [-0.2, 0) is 5.41 Å². The van der Waals surface area contributed by atoms with Crippen molar-refractivity contribution in [3.8, 4) is 0 Å². The van der Waals surface area contributed by atoms with Gasteiger partial charge in [0, 0.05) is 10.5 Å². The van der Waals surface area contributed by atoms with Gasteiger partial charge in [-0.1, -0.05) is 44.2 Å². The SMILES string of the molecule is C/C(=C\c1ccc(C(O)O)c(C)c1)c1ccc2c(c1)C(C)(C)CCS2. The number of aliphatic hydroxyl groups excluding tert-OH is 1. The first-order chi connectivity index (χ1) is 11.8. The van der Waals surface area contributed by atoms with E-state index in [1.807, 2.05) is 30.8 Å². The van der Waals surface area contributed by atoms with Gasteiger partial charge in [-0.15, -0.1) is 11.8 Å². The lowest BCUT2D eigenvalue weighted by Crippen LogP contribution is -2.22. The fraction of sp³-hybridized carbons (Fsp3) is 0.364. The quantitative estimate of drug-likeness (QED) is 0.579. The molecule has 0 spiro atoms. The normalized spacial score (nSPS) is 16.8. The van der Waals surface area contributed by atoms with Gasteiger partial charge in [0.15, 0.2) is 6.29 Å². The number of aryl methyl sites for hydroxylation is 1. The molecule has 0 aliphatic carbocycles. The second-order valence-electron chi connectivity index (χ2n) is 7.51. The number of thioether (sulfide) groups is 1. The zero-order chi connectivity index (χ0) is 18.2. The average molecular weight is 355 g/mol. The van der Waals surface area contributed by atoms with Crippen molar-refractivity contribution < 1.29 is 10.2 Å². The van der Waals surface area contributed by atoms with Crippen molar-refractivity contribution in [3.63, 3.8) is 0 Å². The number of benzene rings is 2. The molecule has 0 fully saturated rings. The highest BCUT2D eigenvalue weighted by Crippen LogP contribution is 2.42. The van der Waals surface area contributed by atoms with Crippen molar-refractivity contribution in [3.05, 3.63) is 64.2 Å². The van der Waals surface area contributed by atoms with Crippen LogP contribution in [0.1, 0.15) is 61.3 Å². The van der Waals surface area contributed by atoms with E-state index in [1.165, 1.54) is 33.8 Å². The van der Waals surface area contributed by atoms with Crippen LogP contribution in [0.25, 0.3) is 11.6 Å². The van der Waals surface area contributed by atoms with Crippen LogP contribution in [0.3, 0.4) is 0 Å². The van der Waals surface area contributed by atoms with E-state index in [0.717, 1.165) is 11.1 Å². The molecular formula is C22H26O2S. The van der Waals surface area contributed by atoms with E-state index in [2.05, 4.69) is 45.0 Å². The first-order valence-corrected chi connectivity index (χ1v) is 9.69. The molecule has 1 heterocycles. The van der Waals surface area contributed by atoms with Gasteiger partial charge in [-0.3, -0.25) is 0 Å². The second kappa shape index (κ2) is 6.99. The van der Waals surface area contributed by atoms with Crippen molar-refractivity contribution in [2.24, 2.45) is 0 Å². The lowest BCUT2D eigenvalue weighted by molar-refractivity contribution is -0.0429. The van der Waals surface area contributed by atoms with E-state index in [9.17, 15) is 10.2 Å². The summed E-state index contributed by atoms with van der Waals surface area (Å²) in [5.74, 6) is 1.19. The summed E-state index contributed by atoms with van der Waals surface area (Å²) < 4.78 is 0. The summed E-state index contributed by atoms with van der Waals surface area (Å²) in [5.41, 5.74) is 6.66. The summed E-state index contributed by atoms with van der Waals surface area (Å²) in [7, 11) is 0. The summed E-state index contributed by atoms with van der Waals surface area (Å²) >= 11 is 1.95. The number of aliphatic hydroxyl groups is 2. The molecule has 132 valence electrons. The van der Waals surface area contributed by atoms with Crippen LogP contribution in [0, 0.1) is 6.92 Å². The topological polar surface area (TPSA) is 40.5 Å². The summed E-state index contributed by atoms with van der Waals surface area (Å²) in [6.45, 7) is 8.70. The molecule has 0 amide bonds. The Morgan fingerprint density at radius 2 is 1.92 bits per heavy atom. The molecule has 0 saturated heterocycles. The highest BCUT2D eigenvalue weighted by Gasteiger charge is 2.27. The Morgan fingerprint density at radius 3 is 2.60 bits per heavy atom. The lowest BCUT2D eigenvalue weighted by Gasteiger charge is -2.32. The van der Waals surface area contributed by atoms with Crippen LogP contribution in [-0.4, -0.2) is 16.0 Å². The minimum atomic E-state index is -1.42. The smallest absolute Gasteiger partial charge is 0.178 e. The maximum atomic E-state index is 9.36. The van der Waals surface area contributed by atoms with Gasteiger partial charge in [-0.05, 0) is 71.4 Å². The van der Waals surface area contributed by atoms with Gasteiger partial charge in [0.25, 0.3) is 0 Å². The number of hydrogen-bond acceptors (Lipinski definition) is 3. The molecule has 2 aromatic rings. The first-order valence-electron chi connectivity index (χ1n) is 8.70. The number of hydrogen-bond donors (Lipinski definition) is 2. The van der Waals surface area contributed by atoms with Crippen molar-refractivity contribution >= 4 is 23.4 Å². The Hall–Kier alpha value is -1.55. The van der Waals surface area contributed by atoms with Crippen LogP contribution in [0.4, 0.5) is 0 Å². The molecule has 1 aliphatic rings. The largest absolute Gasteiger partial charge is 0.364 e. The minimum absolute atomic E-state index is 0.229. The Bertz CT molecular complexity index is 819. The van der Waals surface area contributed by atoms with Crippen LogP contribution >= 0.6 is 11.8 Å². The molecule has 0 radical (unpaired) electrons. The minimum Gasteiger partial charge on any atom is -0.364 e. The van der Waals surface area contributed by atoms with Gasteiger partial charge >= 0.3 is 0 Å². The van der Waals surface area contributed by atoms with Crippen molar-refractivity contribution in [2.75, 3.05) is 5.75 Å². The Labute approximate surface area is 154 Å². The standard InChI is InChI=1S/C22H26O2S/c1-14(11-16-5-7-18(21(23)24)15(2)12-16)17-6-8-20-19(13-17)22(3,4)9-10-25-20/h5-8,11-13,21,23-24H,9-10H2,1-4H3/b14-11+. The molecule has 2 N–H and O–H groups in total. The fourth-order valence-electron chi connectivity index (χ4n) is 3.39. The van der Waals surface area contributed by atoms with E-state index in [1.54, 1.807) is 6.07 Å². The molecule has 0 unspecified atom stereocenters. The Morgan fingerprint density at radius 1 is 1.16 bits per heavy atom. The molecule has 2 aromatic carbocycles. The van der Waals surface area contributed by atoms with Gasteiger partial charge in [0.2, 0.25) is 0 Å². The predicted molar refractivity (Wildman–Crippen MR) is 107 cm³/mol. The zero-order valence-electron chi connectivity index (χ0n) is 15.3. The Balaban J connectivity index is 1.94. The second-order valence-corrected chi connectivity index (χ2v) is 8.65. The predicted octanol–water partition coefficient (Wildman–Crippen LogP) is 5.31. The van der Waals surface area contributed by atoms with E-state index >= 15 is 0 Å². The van der Waals surface area contributed by atoms with Crippen LogP contribution in [0.15, 0.2) is 41.3 Å². The van der Waals surface area contributed by atoms with Gasteiger partial charge in [0.05, 0.1) is 0 Å². The summed E-state index contributed by atoms with van der Waals surface area (Å²) in [6, 6.07) is 12.5. The molecule has 2 nitrogen and oxygen atoms in total. The fourth-order valence-corrected chi connectivity index (χ4v) is 4.88. The summed E-state index contributed by atoms with van der Waals surface area (Å²) in [4.78, 5) is 1.41. The van der Waals surface area contributed by atoms with Crippen LogP contribution < -0.4 is 0 Å². The van der Waals surface area contributed by atoms with Gasteiger partial charge in [-0.25, -0.2) is 0 Å². The highest BCUT2D eigenvalue weighted by molar-refractivity contribution is 7.99. The summed E-state index contributed by atoms with van der Waals surface area (Å²) in [6.07, 6.45) is 1.95. The molecule has 3 heteroatoms. The highest BCUT2D eigenvalue weighted by atomic mass is 32.2. The monoisotopic (exact) mass is 354 g/mol. The Kier molecular flexibility index (Phi) is 5.10. The molecule has 3 rings (SSSR count). The van der Waals surface area contributed by atoms with Gasteiger partial charge in [-0.2, -0.15) is 0 Å². The first kappa shape index (κ1) is 18.2. The summed E-state index contributed by atoms with van der Waals surface area (Å²) in [5, 5.41) is 18.7. The number of allylic oxidation sites excluding steroid dienone is 1. The molecule has 0 saturated carbocycles. The zero-order valence-corrected chi connectivity index (χ0v) is 16.2. The molecule has 0 aromatic heterocycles. The van der Waals surface area contributed by atoms with Crippen LogP contribution in [0.5, 0.6) is 0 Å². The van der Waals surface area contributed by atoms with E-state index < -0.39 is 6.29 Å². The molecule has 25 heavy (non-hydrogen) atoms.